The molecule has 1 aromatic carbocycles. The maximum atomic E-state index is 11.3. The molecule has 0 aliphatic carbocycles. The molecule has 94 valence electrons. The van der Waals surface area contributed by atoms with E-state index in [9.17, 15) is 4.79 Å². The quantitative estimate of drug-likeness (QED) is 0.858. The third kappa shape index (κ3) is 2.46. The number of aromatic amines is 1. The third-order valence-corrected chi connectivity index (χ3v) is 3.06. The van der Waals surface area contributed by atoms with Crippen LogP contribution in [0, 0.1) is 0 Å². The summed E-state index contributed by atoms with van der Waals surface area (Å²) in [5, 5.41) is 7.66. The van der Waals surface area contributed by atoms with Crippen LogP contribution >= 0.6 is 34.8 Å². The summed E-state index contributed by atoms with van der Waals surface area (Å²) < 4.78 is 4.57. The van der Waals surface area contributed by atoms with Crippen molar-refractivity contribution in [1.29, 1.82) is 0 Å². The summed E-state index contributed by atoms with van der Waals surface area (Å²) in [5.41, 5.74) is 1.17. The summed E-state index contributed by atoms with van der Waals surface area (Å²) >= 11 is 17.9. The van der Waals surface area contributed by atoms with Gasteiger partial charge in [0.05, 0.1) is 22.8 Å². The Morgan fingerprint density at radius 2 is 1.83 bits per heavy atom. The predicted molar refractivity (Wildman–Crippen MR) is 70.4 cm³/mol. The van der Waals surface area contributed by atoms with Gasteiger partial charge in [0.25, 0.3) is 0 Å². The van der Waals surface area contributed by atoms with Crippen LogP contribution in [0.1, 0.15) is 10.5 Å². The number of halogens is 3. The van der Waals surface area contributed by atoms with Gasteiger partial charge in [-0.3, -0.25) is 5.10 Å². The number of methoxy groups -OCH3 is 1. The molecule has 7 heteroatoms. The number of ether oxygens (including phenoxy) is 1. The number of H-pyrrole nitrogens is 1. The Balaban J connectivity index is 2.49. The molecule has 0 saturated heterocycles. The molecule has 0 radical (unpaired) electrons. The smallest absolute Gasteiger partial charge is 0.356 e. The maximum absolute atomic E-state index is 11.3. The van der Waals surface area contributed by atoms with E-state index in [1.807, 2.05) is 0 Å². The Kier molecular flexibility index (Phi) is 3.80. The SMILES string of the molecule is COC(=O)c1cc(-c2c(Cl)cc(Cl)cc2Cl)n[nH]1. The first-order valence-corrected chi connectivity index (χ1v) is 5.95. The average Bonchev–Trinajstić information content (AvgIpc) is 2.76. The summed E-state index contributed by atoms with van der Waals surface area (Å²) in [6.45, 7) is 0. The van der Waals surface area contributed by atoms with Crippen molar-refractivity contribution >= 4 is 40.8 Å². The summed E-state index contributed by atoms with van der Waals surface area (Å²) in [4.78, 5) is 11.3. The number of carbonyl (C=O) groups excluding carboxylic acids is 1. The van der Waals surface area contributed by atoms with Gasteiger partial charge in [-0.05, 0) is 18.2 Å². The van der Waals surface area contributed by atoms with E-state index in [4.69, 9.17) is 34.8 Å². The highest BCUT2D eigenvalue weighted by Crippen LogP contribution is 2.36. The Bertz CT molecular complexity index is 587. The summed E-state index contributed by atoms with van der Waals surface area (Å²) in [6.07, 6.45) is 0. The molecule has 18 heavy (non-hydrogen) atoms. The van der Waals surface area contributed by atoms with Gasteiger partial charge in [0.15, 0.2) is 0 Å². The Morgan fingerprint density at radius 3 is 2.39 bits per heavy atom. The lowest BCUT2D eigenvalue weighted by molar-refractivity contribution is 0.0594. The molecule has 0 unspecified atom stereocenters. The van der Waals surface area contributed by atoms with E-state index < -0.39 is 5.97 Å². The van der Waals surface area contributed by atoms with E-state index in [1.165, 1.54) is 13.2 Å². The number of esters is 1. The van der Waals surface area contributed by atoms with Crippen LogP contribution < -0.4 is 0 Å². The van der Waals surface area contributed by atoms with Crippen molar-refractivity contribution in [2.75, 3.05) is 7.11 Å². The topological polar surface area (TPSA) is 55.0 Å². The first kappa shape index (κ1) is 13.2. The highest BCUT2D eigenvalue weighted by Gasteiger charge is 2.16. The molecular formula is C11H7Cl3N2O2. The molecule has 4 nitrogen and oxygen atoms in total. The van der Waals surface area contributed by atoms with Crippen LogP contribution in [-0.4, -0.2) is 23.3 Å². The summed E-state index contributed by atoms with van der Waals surface area (Å²) in [6, 6.07) is 4.61. The van der Waals surface area contributed by atoms with Crippen LogP contribution in [0.5, 0.6) is 0 Å². The molecule has 0 aliphatic rings. The number of hydrogen-bond donors (Lipinski definition) is 1. The van der Waals surface area contributed by atoms with Gasteiger partial charge in [-0.25, -0.2) is 4.79 Å². The van der Waals surface area contributed by atoms with Gasteiger partial charge in [-0.15, -0.1) is 0 Å². The standard InChI is InChI=1S/C11H7Cl3N2O2/c1-18-11(17)9-4-8(15-16-9)10-6(13)2-5(12)3-7(10)14/h2-4H,1H3,(H,15,16). The zero-order chi connectivity index (χ0) is 13.3. The van der Waals surface area contributed by atoms with E-state index in [0.717, 1.165) is 0 Å². The molecule has 0 amide bonds. The minimum absolute atomic E-state index is 0.217. The largest absolute Gasteiger partial charge is 0.464 e. The van der Waals surface area contributed by atoms with E-state index in [2.05, 4.69) is 14.9 Å². The summed E-state index contributed by atoms with van der Waals surface area (Å²) in [7, 11) is 1.28. The lowest BCUT2D eigenvalue weighted by Crippen LogP contribution is -2.00. The molecule has 0 fully saturated rings. The van der Waals surface area contributed by atoms with Gasteiger partial charge in [0.2, 0.25) is 0 Å². The molecule has 2 aromatic rings. The minimum Gasteiger partial charge on any atom is -0.464 e. The first-order chi connectivity index (χ1) is 8.52. The van der Waals surface area contributed by atoms with Crippen LogP contribution in [0.4, 0.5) is 0 Å². The van der Waals surface area contributed by atoms with Gasteiger partial charge in [0.1, 0.15) is 5.69 Å². The van der Waals surface area contributed by atoms with Crippen molar-refractivity contribution in [3.63, 3.8) is 0 Å². The lowest BCUT2D eigenvalue weighted by Gasteiger charge is -2.04. The minimum atomic E-state index is -0.519. The molecule has 1 N–H and O–H groups in total. The highest BCUT2D eigenvalue weighted by atomic mass is 35.5. The second-order valence-electron chi connectivity index (χ2n) is 3.40. The molecule has 1 heterocycles. The van der Waals surface area contributed by atoms with Gasteiger partial charge in [-0.1, -0.05) is 34.8 Å². The molecule has 0 saturated carbocycles. The number of nitrogens with zero attached hydrogens (tertiary/aromatic N) is 1. The Hall–Kier alpha value is -1.23. The van der Waals surface area contributed by atoms with Crippen molar-refractivity contribution in [2.24, 2.45) is 0 Å². The number of hydrogen-bond acceptors (Lipinski definition) is 3. The van der Waals surface area contributed by atoms with Crippen molar-refractivity contribution in [1.82, 2.24) is 10.2 Å². The van der Waals surface area contributed by atoms with Crippen molar-refractivity contribution in [2.45, 2.75) is 0 Å². The van der Waals surface area contributed by atoms with Gasteiger partial charge >= 0.3 is 5.97 Å². The second kappa shape index (κ2) is 5.18. The molecule has 2 rings (SSSR count). The molecule has 0 aliphatic heterocycles. The van der Waals surface area contributed by atoms with Crippen molar-refractivity contribution in [3.8, 4) is 11.3 Å². The van der Waals surface area contributed by atoms with E-state index in [1.54, 1.807) is 12.1 Å². The predicted octanol–water partition coefficient (Wildman–Crippen LogP) is 3.82. The van der Waals surface area contributed by atoms with Gasteiger partial charge < -0.3 is 4.74 Å². The third-order valence-electron chi connectivity index (χ3n) is 2.25. The first-order valence-electron chi connectivity index (χ1n) is 4.81. The van der Waals surface area contributed by atoms with Gasteiger partial charge in [-0.2, -0.15) is 5.10 Å². The van der Waals surface area contributed by atoms with E-state index in [-0.39, 0.29) is 5.69 Å². The molecule has 0 bridgehead atoms. The molecule has 1 aromatic heterocycles. The number of aromatic nitrogens is 2. The Morgan fingerprint density at radius 1 is 1.22 bits per heavy atom. The summed E-state index contributed by atoms with van der Waals surface area (Å²) in [5.74, 6) is -0.519. The van der Waals surface area contributed by atoms with Gasteiger partial charge in [0, 0.05) is 10.6 Å². The van der Waals surface area contributed by atoms with Crippen molar-refractivity contribution < 1.29 is 9.53 Å². The number of carbonyl (C=O) groups is 1. The highest BCUT2D eigenvalue weighted by molar-refractivity contribution is 6.41. The van der Waals surface area contributed by atoms with Crippen LogP contribution in [0.15, 0.2) is 18.2 Å². The molecule has 0 spiro atoms. The fourth-order valence-corrected chi connectivity index (χ4v) is 2.46. The number of benzene rings is 1. The molecule has 0 atom stereocenters. The maximum Gasteiger partial charge on any atom is 0.356 e. The monoisotopic (exact) mass is 304 g/mol. The normalized spacial score (nSPS) is 10.4. The average molecular weight is 306 g/mol. The zero-order valence-electron chi connectivity index (χ0n) is 9.13. The zero-order valence-corrected chi connectivity index (χ0v) is 11.4. The van der Waals surface area contributed by atoms with Crippen LogP contribution in [-0.2, 0) is 4.74 Å². The van der Waals surface area contributed by atoms with Crippen LogP contribution in [0.3, 0.4) is 0 Å². The lowest BCUT2D eigenvalue weighted by atomic mass is 10.1. The van der Waals surface area contributed by atoms with E-state index >= 15 is 0 Å². The van der Waals surface area contributed by atoms with Crippen LogP contribution in [0.25, 0.3) is 11.3 Å². The van der Waals surface area contributed by atoms with Crippen molar-refractivity contribution in [3.05, 3.63) is 39.0 Å². The van der Waals surface area contributed by atoms with Crippen LogP contribution in [0.2, 0.25) is 15.1 Å². The molecular weight excluding hydrogens is 298 g/mol. The second-order valence-corrected chi connectivity index (χ2v) is 4.65. The number of rotatable bonds is 2. The number of nitrogens with one attached hydrogen (secondary N) is 1. The fraction of sp³-hybridized carbons (Fsp3) is 0.0909. The Labute approximate surface area is 118 Å². The van der Waals surface area contributed by atoms with E-state index in [0.29, 0.717) is 26.3 Å². The fourth-order valence-electron chi connectivity index (χ4n) is 1.45.